The summed E-state index contributed by atoms with van der Waals surface area (Å²) in [6.07, 6.45) is 2.22. The van der Waals surface area contributed by atoms with Gasteiger partial charge in [-0.1, -0.05) is 18.2 Å². The second-order valence-corrected chi connectivity index (χ2v) is 12.0. The lowest BCUT2D eigenvalue weighted by atomic mass is 10.00. The van der Waals surface area contributed by atoms with Crippen LogP contribution in [-0.4, -0.2) is 43.1 Å². The molecule has 11 heteroatoms. The highest BCUT2D eigenvalue weighted by Gasteiger charge is 2.36. The maximum atomic E-state index is 15.3. The maximum absolute atomic E-state index is 15.3. The molecule has 194 valence electrons. The van der Waals surface area contributed by atoms with Gasteiger partial charge >= 0.3 is 0 Å². The monoisotopic (exact) mass is 548 g/mol. The van der Waals surface area contributed by atoms with Crippen molar-refractivity contribution in [3.05, 3.63) is 87.0 Å². The predicted octanol–water partition coefficient (Wildman–Crippen LogP) is 5.13. The van der Waals surface area contributed by atoms with Gasteiger partial charge in [-0.25, -0.2) is 26.6 Å². The van der Waals surface area contributed by atoms with Crippen molar-refractivity contribution in [3.8, 4) is 11.1 Å². The Morgan fingerprint density at radius 1 is 1.11 bits per heavy atom. The van der Waals surface area contributed by atoms with Gasteiger partial charge in [0.25, 0.3) is 5.91 Å². The first kappa shape index (κ1) is 25.6. The minimum atomic E-state index is -3.48. The highest BCUT2D eigenvalue weighted by Crippen LogP contribution is 2.40. The van der Waals surface area contributed by atoms with E-state index in [1.165, 1.54) is 47.6 Å². The molecule has 0 bridgehead atoms. The molecule has 0 spiro atoms. The molecule has 1 aliphatic heterocycles. The number of hydrogen-bond acceptors (Lipinski definition) is 6. The minimum Gasteiger partial charge on any atom is -0.367 e. The van der Waals surface area contributed by atoms with Crippen LogP contribution in [0, 0.1) is 17.5 Å². The van der Waals surface area contributed by atoms with E-state index in [0.29, 0.717) is 16.5 Å². The van der Waals surface area contributed by atoms with Crippen LogP contribution in [-0.2, 0) is 25.9 Å². The summed E-state index contributed by atoms with van der Waals surface area (Å²) in [5.41, 5.74) is 1.46. The van der Waals surface area contributed by atoms with Crippen molar-refractivity contribution in [1.82, 2.24) is 9.88 Å². The van der Waals surface area contributed by atoms with Gasteiger partial charge in [-0.05, 0) is 48.2 Å². The smallest absolute Gasteiger partial charge is 0.257 e. The van der Waals surface area contributed by atoms with E-state index >= 15 is 4.39 Å². The number of nitrogens with zero attached hydrogens (tertiary/aromatic N) is 2. The lowest BCUT2D eigenvalue weighted by Gasteiger charge is -2.30. The van der Waals surface area contributed by atoms with E-state index in [9.17, 15) is 22.0 Å². The van der Waals surface area contributed by atoms with Gasteiger partial charge in [0, 0.05) is 29.4 Å². The quantitative estimate of drug-likeness (QED) is 0.390. The summed E-state index contributed by atoms with van der Waals surface area (Å²) in [7, 11) is -2.21. The Kier molecular flexibility index (Phi) is 6.95. The second-order valence-electron chi connectivity index (χ2n) is 9.11. The Morgan fingerprint density at radius 3 is 2.41 bits per heavy atom. The van der Waals surface area contributed by atoms with Gasteiger partial charge in [-0.2, -0.15) is 0 Å². The van der Waals surface area contributed by atoms with Crippen LogP contribution in [0.25, 0.3) is 11.1 Å². The number of rotatable bonds is 8. The fourth-order valence-corrected chi connectivity index (χ4v) is 6.50. The fourth-order valence-electron chi connectivity index (χ4n) is 4.33. The Bertz CT molecular complexity index is 1480. The van der Waals surface area contributed by atoms with Crippen LogP contribution < -0.4 is 0 Å². The number of sulfone groups is 1. The SMILES string of the molecule is COC(C(=O)N(Cc1nc(C2CC2)cs1)C1C=CS(=O)(=O)C1)c1ccc(-c2ccc(F)c(F)c2)cc1F. The molecule has 37 heavy (non-hydrogen) atoms. The Hall–Kier alpha value is -3.02. The molecule has 2 aliphatic rings. The third-order valence-corrected chi connectivity index (χ3v) is 8.69. The van der Waals surface area contributed by atoms with E-state index in [2.05, 4.69) is 4.98 Å². The summed E-state index contributed by atoms with van der Waals surface area (Å²) in [5, 5.41) is 3.67. The molecule has 5 rings (SSSR count). The molecular weight excluding hydrogens is 525 g/mol. The Balaban J connectivity index is 1.44. The van der Waals surface area contributed by atoms with Crippen molar-refractivity contribution in [1.29, 1.82) is 0 Å². The van der Waals surface area contributed by atoms with Gasteiger partial charge in [0.1, 0.15) is 10.8 Å². The third kappa shape index (κ3) is 5.48. The molecule has 1 aliphatic carbocycles. The topological polar surface area (TPSA) is 76.6 Å². The summed E-state index contributed by atoms with van der Waals surface area (Å²) in [5.74, 6) is -3.32. The molecule has 2 heterocycles. The highest BCUT2D eigenvalue weighted by molar-refractivity contribution is 7.94. The van der Waals surface area contributed by atoms with Crippen LogP contribution in [0.1, 0.15) is 41.1 Å². The van der Waals surface area contributed by atoms with Gasteiger partial charge in [-0.15, -0.1) is 11.3 Å². The first-order chi connectivity index (χ1) is 17.6. The van der Waals surface area contributed by atoms with Crippen molar-refractivity contribution < 1.29 is 31.1 Å². The molecule has 0 N–H and O–H groups in total. The molecule has 0 radical (unpaired) electrons. The zero-order valence-corrected chi connectivity index (χ0v) is 21.4. The van der Waals surface area contributed by atoms with Gasteiger partial charge in [0.2, 0.25) is 0 Å². The van der Waals surface area contributed by atoms with Crippen LogP contribution in [0.4, 0.5) is 13.2 Å². The van der Waals surface area contributed by atoms with Crippen LogP contribution in [0.3, 0.4) is 0 Å². The van der Waals surface area contributed by atoms with Gasteiger partial charge in [0.05, 0.1) is 24.0 Å². The number of amides is 1. The Labute approximate surface area is 216 Å². The van der Waals surface area contributed by atoms with Crippen molar-refractivity contribution in [2.45, 2.75) is 37.5 Å². The third-order valence-electron chi connectivity index (χ3n) is 6.46. The van der Waals surface area contributed by atoms with E-state index in [1.807, 2.05) is 5.38 Å². The molecule has 3 aromatic rings. The lowest BCUT2D eigenvalue weighted by Crippen LogP contribution is -2.43. The number of benzene rings is 2. The van der Waals surface area contributed by atoms with Crippen molar-refractivity contribution in [2.24, 2.45) is 0 Å². The van der Waals surface area contributed by atoms with E-state index in [-0.39, 0.29) is 23.4 Å². The highest BCUT2D eigenvalue weighted by atomic mass is 32.2. The first-order valence-electron chi connectivity index (χ1n) is 11.6. The maximum Gasteiger partial charge on any atom is 0.257 e. The fraction of sp³-hybridized carbons (Fsp3) is 0.308. The summed E-state index contributed by atoms with van der Waals surface area (Å²) >= 11 is 1.39. The number of methoxy groups -OCH3 is 1. The Morgan fingerprint density at radius 2 is 1.81 bits per heavy atom. The second kappa shape index (κ2) is 10.0. The largest absolute Gasteiger partial charge is 0.367 e. The van der Waals surface area contributed by atoms with Gasteiger partial charge in [0.15, 0.2) is 27.6 Å². The van der Waals surface area contributed by atoms with Gasteiger partial charge < -0.3 is 9.64 Å². The molecule has 0 saturated heterocycles. The predicted molar refractivity (Wildman–Crippen MR) is 133 cm³/mol. The van der Waals surface area contributed by atoms with E-state index in [1.54, 1.807) is 0 Å². The van der Waals surface area contributed by atoms with Crippen molar-refractivity contribution in [2.75, 3.05) is 12.9 Å². The number of aromatic nitrogens is 1. The molecule has 2 unspecified atom stereocenters. The standard InChI is InChI=1S/C26H23F3N2O4S2/c1-35-25(19-6-4-16(10-21(19)28)17-5-7-20(27)22(29)11-17)26(32)31(18-8-9-37(33,34)14-18)12-24-30-23(13-36-24)15-2-3-15/h4-11,13,15,18,25H,2-3,12,14H2,1H3. The minimum absolute atomic E-state index is 0.0508. The van der Waals surface area contributed by atoms with Crippen LogP contribution in [0.2, 0.25) is 0 Å². The number of hydrogen-bond donors (Lipinski definition) is 0. The van der Waals surface area contributed by atoms with E-state index in [0.717, 1.165) is 42.1 Å². The number of carbonyl (C=O) groups excluding carboxylic acids is 1. The van der Waals surface area contributed by atoms with Gasteiger partial charge in [-0.3, -0.25) is 4.79 Å². The lowest BCUT2D eigenvalue weighted by molar-refractivity contribution is -0.144. The van der Waals surface area contributed by atoms with Crippen LogP contribution >= 0.6 is 11.3 Å². The molecule has 1 aromatic heterocycles. The average molecular weight is 549 g/mol. The molecule has 1 fully saturated rings. The van der Waals surface area contributed by atoms with Crippen LogP contribution in [0.5, 0.6) is 0 Å². The first-order valence-corrected chi connectivity index (χ1v) is 14.2. The molecule has 1 amide bonds. The number of thiazole rings is 1. The van der Waals surface area contributed by atoms with Crippen molar-refractivity contribution >= 4 is 27.1 Å². The summed E-state index contributed by atoms with van der Waals surface area (Å²) in [6.45, 7) is 0.0508. The molecule has 2 aromatic carbocycles. The molecule has 1 saturated carbocycles. The molecular formula is C26H23F3N2O4S2. The normalized spacial score (nSPS) is 19.2. The number of ether oxygens (including phenoxy) is 1. The van der Waals surface area contributed by atoms with E-state index < -0.39 is 45.3 Å². The summed E-state index contributed by atoms with van der Waals surface area (Å²) in [4.78, 5) is 19.7. The number of carbonyl (C=O) groups is 1. The molecule has 6 nitrogen and oxygen atoms in total. The van der Waals surface area contributed by atoms with E-state index in [4.69, 9.17) is 4.74 Å². The zero-order chi connectivity index (χ0) is 26.3. The summed E-state index contributed by atoms with van der Waals surface area (Å²) < 4.78 is 71.9. The molecule has 2 atom stereocenters. The number of halogens is 3. The summed E-state index contributed by atoms with van der Waals surface area (Å²) in [6, 6.07) is 6.43. The zero-order valence-electron chi connectivity index (χ0n) is 19.7. The average Bonchev–Trinajstić information content (AvgIpc) is 3.50. The van der Waals surface area contributed by atoms with Crippen molar-refractivity contribution in [3.63, 3.8) is 0 Å². The van der Waals surface area contributed by atoms with Crippen LogP contribution in [0.15, 0.2) is 53.3 Å².